The van der Waals surface area contributed by atoms with Gasteiger partial charge >= 0.3 is 6.18 Å². The van der Waals surface area contributed by atoms with Gasteiger partial charge in [-0.05, 0) is 31.8 Å². The first-order chi connectivity index (χ1) is 18.0. The number of pyridine rings is 1. The van der Waals surface area contributed by atoms with Crippen molar-refractivity contribution >= 4 is 29.3 Å². The largest absolute Gasteiger partial charge is 0.417 e. The second kappa shape index (κ2) is 14.0. The molecule has 0 fully saturated rings. The molecule has 0 aliphatic carbocycles. The predicted octanol–water partition coefficient (Wildman–Crippen LogP) is 4.79. The average molecular weight is 531 g/mol. The van der Waals surface area contributed by atoms with Crippen molar-refractivity contribution < 1.29 is 22.4 Å². The Labute approximate surface area is 219 Å². The number of aromatic nitrogens is 3. The van der Waals surface area contributed by atoms with Gasteiger partial charge in [0.25, 0.3) is 0 Å². The van der Waals surface area contributed by atoms with Crippen molar-refractivity contribution in [2.45, 2.75) is 19.0 Å². The monoisotopic (exact) mass is 530 g/mol. The number of amides is 1. The minimum absolute atomic E-state index is 0.0474. The fourth-order valence-corrected chi connectivity index (χ4v) is 3.25. The lowest BCUT2D eigenvalue weighted by Gasteiger charge is -2.20. The summed E-state index contributed by atoms with van der Waals surface area (Å²) in [6.07, 6.45) is 4.66. The van der Waals surface area contributed by atoms with Crippen LogP contribution < -0.4 is 10.6 Å². The van der Waals surface area contributed by atoms with E-state index in [9.17, 15) is 22.4 Å². The number of carbonyl (C=O) groups is 1. The third kappa shape index (κ3) is 9.07. The summed E-state index contributed by atoms with van der Waals surface area (Å²) in [5, 5.41) is 5.51. The smallest absolute Gasteiger partial charge is 0.357 e. The van der Waals surface area contributed by atoms with Crippen molar-refractivity contribution in [3.05, 3.63) is 90.7 Å². The lowest BCUT2D eigenvalue weighted by atomic mass is 9.98. The van der Waals surface area contributed by atoms with Gasteiger partial charge in [0, 0.05) is 54.4 Å². The van der Waals surface area contributed by atoms with E-state index in [0.29, 0.717) is 24.9 Å². The SMILES string of the molecule is C=Cc1c(C(=C)N/C(=C\F)CCN(C)C)cc(/C=C/CNC(=O)Cc2cncnc2)nc1C(=C)C(F)(F)F. The van der Waals surface area contributed by atoms with E-state index in [1.165, 1.54) is 36.9 Å². The van der Waals surface area contributed by atoms with Gasteiger partial charge in [0.05, 0.1) is 23.4 Å². The third-order valence-electron chi connectivity index (χ3n) is 5.19. The Morgan fingerprint density at radius 2 is 1.87 bits per heavy atom. The van der Waals surface area contributed by atoms with E-state index in [0.717, 1.165) is 0 Å². The minimum atomic E-state index is -4.75. The van der Waals surface area contributed by atoms with Crippen molar-refractivity contribution in [2.24, 2.45) is 0 Å². The van der Waals surface area contributed by atoms with Gasteiger partial charge in [0.2, 0.25) is 5.91 Å². The minimum Gasteiger partial charge on any atom is -0.357 e. The average Bonchev–Trinajstić information content (AvgIpc) is 2.87. The molecule has 0 atom stereocenters. The van der Waals surface area contributed by atoms with Crippen LogP contribution in [0.25, 0.3) is 23.4 Å². The number of allylic oxidation sites excluding steroid dienone is 1. The first kappa shape index (κ1) is 30.1. The van der Waals surface area contributed by atoms with Crippen molar-refractivity contribution in [3.63, 3.8) is 0 Å². The molecule has 0 aliphatic heterocycles. The molecular formula is C27H30F4N6O. The predicted molar refractivity (Wildman–Crippen MR) is 142 cm³/mol. The van der Waals surface area contributed by atoms with Crippen molar-refractivity contribution in [3.8, 4) is 0 Å². The fraction of sp³-hybridized carbons (Fsp3) is 0.259. The van der Waals surface area contributed by atoms with Gasteiger partial charge < -0.3 is 15.5 Å². The number of nitrogens with one attached hydrogen (secondary N) is 2. The summed E-state index contributed by atoms with van der Waals surface area (Å²) in [7, 11) is 3.66. The van der Waals surface area contributed by atoms with Gasteiger partial charge in [-0.1, -0.05) is 31.9 Å². The topological polar surface area (TPSA) is 83.0 Å². The fourth-order valence-electron chi connectivity index (χ4n) is 3.25. The van der Waals surface area contributed by atoms with Crippen LogP contribution in [0, 0.1) is 0 Å². The maximum atomic E-state index is 13.6. The summed E-state index contributed by atoms with van der Waals surface area (Å²) < 4.78 is 54.2. The Balaban J connectivity index is 2.31. The normalized spacial score (nSPS) is 12.0. The van der Waals surface area contributed by atoms with Crippen LogP contribution in [-0.2, 0) is 11.2 Å². The summed E-state index contributed by atoms with van der Waals surface area (Å²) in [6.45, 7) is 11.3. The van der Waals surface area contributed by atoms with Crippen molar-refractivity contribution in [2.75, 3.05) is 27.2 Å². The molecule has 2 N–H and O–H groups in total. The highest BCUT2D eigenvalue weighted by Crippen LogP contribution is 2.36. The number of nitrogens with zero attached hydrogens (tertiary/aromatic N) is 4. The highest BCUT2D eigenvalue weighted by atomic mass is 19.4. The van der Waals surface area contributed by atoms with Gasteiger partial charge in [-0.3, -0.25) is 4.79 Å². The maximum absolute atomic E-state index is 13.6. The van der Waals surface area contributed by atoms with E-state index >= 15 is 0 Å². The van der Waals surface area contributed by atoms with Gasteiger partial charge in [-0.25, -0.2) is 19.3 Å². The molecule has 0 saturated heterocycles. The highest BCUT2D eigenvalue weighted by Gasteiger charge is 2.35. The van der Waals surface area contributed by atoms with Crippen LogP contribution in [0.15, 0.2) is 62.6 Å². The zero-order valence-corrected chi connectivity index (χ0v) is 21.3. The molecule has 0 bridgehead atoms. The Morgan fingerprint density at radius 1 is 1.18 bits per heavy atom. The molecule has 2 heterocycles. The molecule has 0 aliphatic rings. The number of hydrogen-bond donors (Lipinski definition) is 2. The lowest BCUT2D eigenvalue weighted by molar-refractivity contribution is -0.120. The van der Waals surface area contributed by atoms with Gasteiger partial charge in [0.15, 0.2) is 0 Å². The highest BCUT2D eigenvalue weighted by molar-refractivity contribution is 5.82. The van der Waals surface area contributed by atoms with Crippen LogP contribution in [0.2, 0.25) is 0 Å². The molecule has 11 heteroatoms. The second-order valence-corrected chi connectivity index (χ2v) is 8.46. The molecule has 2 aromatic heterocycles. The summed E-state index contributed by atoms with van der Waals surface area (Å²) in [5.74, 6) is -0.285. The van der Waals surface area contributed by atoms with E-state index < -0.39 is 17.4 Å². The Morgan fingerprint density at radius 3 is 2.45 bits per heavy atom. The van der Waals surface area contributed by atoms with Gasteiger partial charge in [-0.15, -0.1) is 0 Å². The van der Waals surface area contributed by atoms with Crippen LogP contribution in [0.5, 0.6) is 0 Å². The number of alkyl halides is 3. The van der Waals surface area contributed by atoms with Crippen molar-refractivity contribution in [1.82, 2.24) is 30.5 Å². The van der Waals surface area contributed by atoms with Crippen LogP contribution in [0.3, 0.4) is 0 Å². The molecule has 2 aromatic rings. The van der Waals surface area contributed by atoms with Crippen LogP contribution in [0.4, 0.5) is 17.6 Å². The first-order valence-electron chi connectivity index (χ1n) is 11.5. The second-order valence-electron chi connectivity index (χ2n) is 8.46. The van der Waals surface area contributed by atoms with E-state index in [1.807, 2.05) is 19.0 Å². The summed E-state index contributed by atoms with van der Waals surface area (Å²) in [5.41, 5.74) is -0.153. The molecule has 0 unspecified atom stereocenters. The summed E-state index contributed by atoms with van der Waals surface area (Å²) >= 11 is 0. The first-order valence-corrected chi connectivity index (χ1v) is 11.5. The summed E-state index contributed by atoms with van der Waals surface area (Å²) in [4.78, 5) is 25.8. The van der Waals surface area contributed by atoms with Gasteiger partial charge in [-0.2, -0.15) is 13.2 Å². The van der Waals surface area contributed by atoms with E-state index in [-0.39, 0.29) is 47.1 Å². The van der Waals surface area contributed by atoms with Gasteiger partial charge in [0.1, 0.15) is 12.7 Å². The number of halogens is 4. The Bertz CT molecular complexity index is 1220. The molecular weight excluding hydrogens is 500 g/mol. The zero-order chi connectivity index (χ0) is 28.3. The third-order valence-corrected chi connectivity index (χ3v) is 5.19. The zero-order valence-electron chi connectivity index (χ0n) is 21.3. The molecule has 7 nitrogen and oxygen atoms in total. The van der Waals surface area contributed by atoms with E-state index in [1.54, 1.807) is 6.08 Å². The Hall–Kier alpha value is -4.12. The molecule has 38 heavy (non-hydrogen) atoms. The maximum Gasteiger partial charge on any atom is 0.417 e. The van der Waals surface area contributed by atoms with E-state index in [2.05, 4.69) is 45.3 Å². The molecule has 0 radical (unpaired) electrons. The molecule has 1 amide bonds. The molecule has 0 aromatic carbocycles. The number of hydrogen-bond acceptors (Lipinski definition) is 6. The van der Waals surface area contributed by atoms with Crippen molar-refractivity contribution in [1.29, 1.82) is 0 Å². The number of carbonyl (C=O) groups excluding carboxylic acids is 1. The molecule has 0 saturated carbocycles. The van der Waals surface area contributed by atoms with Crippen LogP contribution in [0.1, 0.15) is 34.5 Å². The Kier molecular flexibility index (Phi) is 11.1. The molecule has 2 rings (SSSR count). The molecule has 0 spiro atoms. The molecule has 202 valence electrons. The standard InChI is InChI=1S/C27H30F4N6O/c1-6-23-24(19(3)35-22(14-28)9-11-37(4)5)13-21(36-26(23)18(2)27(29,30)31)8-7-10-34-25(38)12-20-15-32-17-33-16-20/h6-8,13-17,35H,1-3,9-12H2,4-5H3,(H,34,38)/b8-7+,22-14-. The van der Waals surface area contributed by atoms with Crippen LogP contribution >= 0.6 is 0 Å². The number of rotatable bonds is 13. The quantitative estimate of drug-likeness (QED) is 0.363. The lowest BCUT2D eigenvalue weighted by Crippen LogP contribution is -2.25. The van der Waals surface area contributed by atoms with E-state index in [4.69, 9.17) is 0 Å². The summed E-state index contributed by atoms with van der Waals surface area (Å²) in [6, 6.07) is 1.50. The van der Waals surface area contributed by atoms with Crippen LogP contribution in [-0.4, -0.2) is 59.1 Å².